The molecule has 0 aliphatic rings. The van der Waals surface area contributed by atoms with Crippen LogP contribution in [0.2, 0.25) is 0 Å². The zero-order chi connectivity index (χ0) is 16.4. The molecule has 0 fully saturated rings. The van der Waals surface area contributed by atoms with Crippen molar-refractivity contribution in [3.63, 3.8) is 0 Å². The van der Waals surface area contributed by atoms with Crippen LogP contribution in [0.15, 0.2) is 59.8 Å². The highest BCUT2D eigenvalue weighted by Crippen LogP contribution is 2.25. The minimum Gasteiger partial charge on any atom is -0.327 e. The van der Waals surface area contributed by atoms with Gasteiger partial charge in [0, 0.05) is 24.2 Å². The SMILES string of the molecule is O=c1[nH]cccc1-n1ccnc1-c1cccc(CC(F)(F)F)c1. The maximum Gasteiger partial charge on any atom is 0.393 e. The van der Waals surface area contributed by atoms with E-state index in [1.807, 2.05) is 0 Å². The van der Waals surface area contributed by atoms with Crippen molar-refractivity contribution < 1.29 is 13.2 Å². The molecule has 4 nitrogen and oxygen atoms in total. The van der Waals surface area contributed by atoms with Gasteiger partial charge in [0.1, 0.15) is 11.5 Å². The Morgan fingerprint density at radius 1 is 1.17 bits per heavy atom. The van der Waals surface area contributed by atoms with Crippen LogP contribution in [0.25, 0.3) is 17.1 Å². The molecule has 2 aromatic heterocycles. The van der Waals surface area contributed by atoms with Gasteiger partial charge in [-0.3, -0.25) is 9.36 Å². The van der Waals surface area contributed by atoms with Gasteiger partial charge in [0.15, 0.2) is 0 Å². The Bertz CT molecular complexity index is 880. The van der Waals surface area contributed by atoms with Gasteiger partial charge in [-0.2, -0.15) is 13.2 Å². The number of hydrogen-bond donors (Lipinski definition) is 1. The number of benzene rings is 1. The second kappa shape index (κ2) is 5.75. The van der Waals surface area contributed by atoms with E-state index in [4.69, 9.17) is 0 Å². The second-order valence-corrected chi connectivity index (χ2v) is 5.00. The number of aromatic amines is 1. The standard InChI is InChI=1S/C16H12F3N3O/c17-16(18,19)10-11-3-1-4-12(9-11)14-20-7-8-22(14)13-5-2-6-21-15(13)23/h1-9H,10H2,(H,21,23). The average Bonchev–Trinajstić information content (AvgIpc) is 2.95. The van der Waals surface area contributed by atoms with Gasteiger partial charge in [-0.05, 0) is 23.8 Å². The van der Waals surface area contributed by atoms with Gasteiger partial charge < -0.3 is 4.98 Å². The first kappa shape index (κ1) is 15.1. The summed E-state index contributed by atoms with van der Waals surface area (Å²) in [4.78, 5) is 18.6. The van der Waals surface area contributed by atoms with E-state index in [1.165, 1.54) is 24.5 Å². The van der Waals surface area contributed by atoms with Crippen LogP contribution in [-0.2, 0) is 6.42 Å². The number of halogens is 3. The Labute approximate surface area is 129 Å². The molecule has 2 heterocycles. The smallest absolute Gasteiger partial charge is 0.327 e. The first-order valence-electron chi connectivity index (χ1n) is 6.81. The fourth-order valence-corrected chi connectivity index (χ4v) is 2.37. The number of rotatable bonds is 3. The van der Waals surface area contributed by atoms with E-state index in [0.29, 0.717) is 17.1 Å². The summed E-state index contributed by atoms with van der Waals surface area (Å²) in [5.41, 5.74) is 0.700. The summed E-state index contributed by atoms with van der Waals surface area (Å²) in [6.45, 7) is 0. The van der Waals surface area contributed by atoms with E-state index in [2.05, 4.69) is 9.97 Å². The Kier molecular flexibility index (Phi) is 3.77. The minimum absolute atomic E-state index is 0.145. The molecular formula is C16H12F3N3O. The maximum absolute atomic E-state index is 12.5. The summed E-state index contributed by atoms with van der Waals surface area (Å²) in [6, 6.07) is 9.34. The summed E-state index contributed by atoms with van der Waals surface area (Å²) >= 11 is 0. The number of imidazole rings is 1. The predicted octanol–water partition coefficient (Wildman–Crippen LogP) is 3.33. The molecule has 0 spiro atoms. The summed E-state index contributed by atoms with van der Waals surface area (Å²) in [7, 11) is 0. The lowest BCUT2D eigenvalue weighted by Crippen LogP contribution is -2.14. The summed E-state index contributed by atoms with van der Waals surface area (Å²) in [5.74, 6) is 0.408. The van der Waals surface area contributed by atoms with Crippen LogP contribution in [0.1, 0.15) is 5.56 Å². The van der Waals surface area contributed by atoms with Crippen molar-refractivity contribution in [1.29, 1.82) is 0 Å². The maximum atomic E-state index is 12.5. The molecule has 0 saturated carbocycles. The second-order valence-electron chi connectivity index (χ2n) is 5.00. The molecule has 0 radical (unpaired) electrons. The van der Waals surface area contributed by atoms with Gasteiger partial charge in [-0.1, -0.05) is 18.2 Å². The summed E-state index contributed by atoms with van der Waals surface area (Å²) in [6.07, 6.45) is -0.682. The van der Waals surface area contributed by atoms with Gasteiger partial charge in [0.2, 0.25) is 0 Å². The number of aromatic nitrogens is 3. The molecule has 3 rings (SSSR count). The monoisotopic (exact) mass is 319 g/mol. The van der Waals surface area contributed by atoms with E-state index < -0.39 is 12.6 Å². The number of nitrogens with one attached hydrogen (secondary N) is 1. The van der Waals surface area contributed by atoms with Crippen LogP contribution >= 0.6 is 0 Å². The lowest BCUT2D eigenvalue weighted by Gasteiger charge is -2.10. The molecule has 1 N–H and O–H groups in total. The van der Waals surface area contributed by atoms with Crippen LogP contribution in [0.3, 0.4) is 0 Å². The number of hydrogen-bond acceptors (Lipinski definition) is 2. The molecule has 0 atom stereocenters. The molecule has 0 aliphatic carbocycles. The molecular weight excluding hydrogens is 307 g/mol. The molecule has 0 unspecified atom stereocenters. The van der Waals surface area contributed by atoms with Gasteiger partial charge in [0.05, 0.1) is 6.42 Å². The van der Waals surface area contributed by atoms with Crippen molar-refractivity contribution >= 4 is 0 Å². The number of alkyl halides is 3. The lowest BCUT2D eigenvalue weighted by atomic mass is 10.1. The van der Waals surface area contributed by atoms with Gasteiger partial charge in [0.25, 0.3) is 5.56 Å². The van der Waals surface area contributed by atoms with E-state index in [9.17, 15) is 18.0 Å². The van der Waals surface area contributed by atoms with Gasteiger partial charge >= 0.3 is 6.18 Å². The normalized spacial score (nSPS) is 11.6. The van der Waals surface area contributed by atoms with E-state index in [0.717, 1.165) is 0 Å². The van der Waals surface area contributed by atoms with Crippen molar-refractivity contribution in [2.45, 2.75) is 12.6 Å². The number of H-pyrrole nitrogens is 1. The van der Waals surface area contributed by atoms with Crippen molar-refractivity contribution in [2.24, 2.45) is 0 Å². The molecule has 7 heteroatoms. The Hall–Kier alpha value is -2.83. The first-order chi connectivity index (χ1) is 10.9. The third kappa shape index (κ3) is 3.33. The molecule has 0 bridgehead atoms. The van der Waals surface area contributed by atoms with Crippen molar-refractivity contribution in [3.05, 3.63) is 70.9 Å². The Morgan fingerprint density at radius 2 is 2.00 bits per heavy atom. The van der Waals surface area contributed by atoms with Gasteiger partial charge in [-0.25, -0.2) is 4.98 Å². The zero-order valence-electron chi connectivity index (χ0n) is 11.8. The molecule has 0 aliphatic heterocycles. The molecule has 23 heavy (non-hydrogen) atoms. The van der Waals surface area contributed by atoms with Crippen LogP contribution < -0.4 is 5.56 Å². The average molecular weight is 319 g/mol. The third-order valence-corrected chi connectivity index (χ3v) is 3.29. The number of nitrogens with zero attached hydrogens (tertiary/aromatic N) is 2. The predicted molar refractivity (Wildman–Crippen MR) is 79.4 cm³/mol. The molecule has 3 aromatic rings. The molecule has 0 amide bonds. The molecule has 1 aromatic carbocycles. The van der Waals surface area contributed by atoms with E-state index >= 15 is 0 Å². The Balaban J connectivity index is 2.05. The van der Waals surface area contributed by atoms with E-state index in [-0.39, 0.29) is 11.1 Å². The van der Waals surface area contributed by atoms with Crippen molar-refractivity contribution in [3.8, 4) is 17.1 Å². The quantitative estimate of drug-likeness (QED) is 0.805. The fourth-order valence-electron chi connectivity index (χ4n) is 2.37. The highest BCUT2D eigenvalue weighted by molar-refractivity contribution is 5.59. The van der Waals surface area contributed by atoms with Crippen molar-refractivity contribution in [1.82, 2.24) is 14.5 Å². The largest absolute Gasteiger partial charge is 0.393 e. The minimum atomic E-state index is -4.27. The van der Waals surface area contributed by atoms with Gasteiger partial charge in [-0.15, -0.1) is 0 Å². The Morgan fingerprint density at radius 3 is 2.74 bits per heavy atom. The van der Waals surface area contributed by atoms with E-state index in [1.54, 1.807) is 35.0 Å². The van der Waals surface area contributed by atoms with Crippen LogP contribution in [-0.4, -0.2) is 20.7 Å². The van der Waals surface area contributed by atoms with Crippen LogP contribution in [0, 0.1) is 0 Å². The van der Waals surface area contributed by atoms with Crippen LogP contribution in [0.5, 0.6) is 0 Å². The molecule has 0 saturated heterocycles. The highest BCUT2D eigenvalue weighted by Gasteiger charge is 2.27. The summed E-state index contributed by atoms with van der Waals surface area (Å²) < 4.78 is 39.2. The number of pyridine rings is 1. The third-order valence-electron chi connectivity index (χ3n) is 3.29. The van der Waals surface area contributed by atoms with Crippen molar-refractivity contribution in [2.75, 3.05) is 0 Å². The summed E-state index contributed by atoms with van der Waals surface area (Å²) in [5, 5.41) is 0. The highest BCUT2D eigenvalue weighted by atomic mass is 19.4. The first-order valence-corrected chi connectivity index (χ1v) is 6.81. The zero-order valence-corrected chi connectivity index (χ0v) is 11.8. The fraction of sp³-hybridized carbons (Fsp3) is 0.125. The molecule has 118 valence electrons. The van der Waals surface area contributed by atoms with Crippen LogP contribution in [0.4, 0.5) is 13.2 Å². The topological polar surface area (TPSA) is 50.7 Å². The lowest BCUT2D eigenvalue weighted by molar-refractivity contribution is -0.127.